The molecule has 3 N–H and O–H groups in total. The lowest BCUT2D eigenvalue weighted by atomic mass is 10.1. The summed E-state index contributed by atoms with van der Waals surface area (Å²) in [4.78, 5) is 12.0. The van der Waals surface area contributed by atoms with E-state index in [0.29, 0.717) is 0 Å². The molecule has 3 unspecified atom stereocenters. The van der Waals surface area contributed by atoms with Crippen LogP contribution in [0.15, 0.2) is 12.4 Å². The molecule has 1 amide bonds. The molecule has 1 fully saturated rings. The SMILES string of the molecule is COC1CCCC1NC(=O)C(N)c1cnn(C)c1. The van der Waals surface area contributed by atoms with Crippen LogP contribution in [0.1, 0.15) is 30.9 Å². The quantitative estimate of drug-likeness (QED) is 0.796. The second-order valence-electron chi connectivity index (χ2n) is 4.75. The van der Waals surface area contributed by atoms with Crippen LogP contribution < -0.4 is 11.1 Å². The van der Waals surface area contributed by atoms with Crippen molar-refractivity contribution in [1.82, 2.24) is 15.1 Å². The third-order valence-electron chi connectivity index (χ3n) is 3.45. The predicted molar refractivity (Wildman–Crippen MR) is 66.7 cm³/mol. The van der Waals surface area contributed by atoms with Gasteiger partial charge in [0.25, 0.3) is 0 Å². The zero-order valence-electron chi connectivity index (χ0n) is 10.8. The van der Waals surface area contributed by atoms with E-state index < -0.39 is 6.04 Å². The van der Waals surface area contributed by atoms with Crippen molar-refractivity contribution in [3.8, 4) is 0 Å². The molecular weight excluding hydrogens is 232 g/mol. The Morgan fingerprint density at radius 2 is 2.44 bits per heavy atom. The lowest BCUT2D eigenvalue weighted by Crippen LogP contribution is -2.44. The molecule has 3 atom stereocenters. The van der Waals surface area contributed by atoms with Gasteiger partial charge in [-0.3, -0.25) is 9.48 Å². The molecule has 2 rings (SSSR count). The van der Waals surface area contributed by atoms with Crippen LogP contribution in [0.2, 0.25) is 0 Å². The molecule has 0 radical (unpaired) electrons. The zero-order chi connectivity index (χ0) is 13.1. The minimum atomic E-state index is -0.670. The van der Waals surface area contributed by atoms with Crippen molar-refractivity contribution in [2.75, 3.05) is 7.11 Å². The number of nitrogens with two attached hydrogens (primary N) is 1. The number of nitrogens with zero attached hydrogens (tertiary/aromatic N) is 2. The molecule has 0 spiro atoms. The fourth-order valence-electron chi connectivity index (χ4n) is 2.40. The summed E-state index contributed by atoms with van der Waals surface area (Å²) in [6, 6.07) is -0.595. The molecule has 0 aromatic carbocycles. The van der Waals surface area contributed by atoms with Gasteiger partial charge in [0.15, 0.2) is 0 Å². The van der Waals surface area contributed by atoms with Gasteiger partial charge in [-0.15, -0.1) is 0 Å². The number of ether oxygens (including phenoxy) is 1. The van der Waals surface area contributed by atoms with Crippen LogP contribution in [0.5, 0.6) is 0 Å². The van der Waals surface area contributed by atoms with E-state index in [1.807, 2.05) is 0 Å². The van der Waals surface area contributed by atoms with E-state index in [9.17, 15) is 4.79 Å². The van der Waals surface area contributed by atoms with Gasteiger partial charge in [-0.25, -0.2) is 0 Å². The molecule has 1 aliphatic rings. The van der Waals surface area contributed by atoms with Crippen molar-refractivity contribution in [3.05, 3.63) is 18.0 Å². The Labute approximate surface area is 106 Å². The first kappa shape index (κ1) is 13.0. The lowest BCUT2D eigenvalue weighted by Gasteiger charge is -2.21. The van der Waals surface area contributed by atoms with Crippen LogP contribution in [0.3, 0.4) is 0 Å². The fraction of sp³-hybridized carbons (Fsp3) is 0.667. The smallest absolute Gasteiger partial charge is 0.241 e. The third-order valence-corrected chi connectivity index (χ3v) is 3.45. The van der Waals surface area contributed by atoms with Crippen molar-refractivity contribution in [2.24, 2.45) is 12.8 Å². The van der Waals surface area contributed by atoms with Crippen LogP contribution in [0, 0.1) is 0 Å². The Morgan fingerprint density at radius 1 is 1.67 bits per heavy atom. The topological polar surface area (TPSA) is 82.2 Å². The standard InChI is InChI=1S/C12H20N4O2/c1-16-7-8(6-14-16)11(13)12(17)15-9-4-3-5-10(9)18-2/h6-7,9-11H,3-5,13H2,1-2H3,(H,15,17). The third kappa shape index (κ3) is 2.70. The number of rotatable bonds is 4. The molecular formula is C12H20N4O2. The van der Waals surface area contributed by atoms with E-state index >= 15 is 0 Å². The van der Waals surface area contributed by atoms with Crippen molar-refractivity contribution in [3.63, 3.8) is 0 Å². The molecule has 18 heavy (non-hydrogen) atoms. The van der Waals surface area contributed by atoms with Gasteiger partial charge in [0.1, 0.15) is 6.04 Å². The summed E-state index contributed by atoms with van der Waals surface area (Å²) < 4.78 is 6.98. The normalized spacial score (nSPS) is 25.1. The number of amides is 1. The van der Waals surface area contributed by atoms with E-state index in [4.69, 9.17) is 10.5 Å². The number of carbonyl (C=O) groups excluding carboxylic acids is 1. The van der Waals surface area contributed by atoms with Crippen LogP contribution in [0.25, 0.3) is 0 Å². The highest BCUT2D eigenvalue weighted by atomic mass is 16.5. The minimum Gasteiger partial charge on any atom is -0.379 e. The number of aromatic nitrogens is 2. The number of carbonyl (C=O) groups is 1. The first-order valence-electron chi connectivity index (χ1n) is 6.19. The van der Waals surface area contributed by atoms with Gasteiger partial charge >= 0.3 is 0 Å². The van der Waals surface area contributed by atoms with Crippen LogP contribution >= 0.6 is 0 Å². The summed E-state index contributed by atoms with van der Waals surface area (Å²) in [5.41, 5.74) is 6.63. The average Bonchev–Trinajstić information content (AvgIpc) is 2.96. The van der Waals surface area contributed by atoms with Gasteiger partial charge in [0.05, 0.1) is 18.3 Å². The van der Waals surface area contributed by atoms with Crippen LogP contribution in [0.4, 0.5) is 0 Å². The van der Waals surface area contributed by atoms with Gasteiger partial charge in [0.2, 0.25) is 5.91 Å². The second kappa shape index (κ2) is 5.49. The van der Waals surface area contributed by atoms with Crippen LogP contribution in [-0.2, 0) is 16.6 Å². The molecule has 1 aromatic rings. The molecule has 0 aliphatic heterocycles. The van der Waals surface area contributed by atoms with Crippen molar-refractivity contribution in [2.45, 2.75) is 37.5 Å². The molecule has 1 aliphatic carbocycles. The lowest BCUT2D eigenvalue weighted by molar-refractivity contribution is -0.124. The minimum absolute atomic E-state index is 0.0743. The molecule has 100 valence electrons. The van der Waals surface area contributed by atoms with Gasteiger partial charge < -0.3 is 15.8 Å². The highest BCUT2D eigenvalue weighted by molar-refractivity contribution is 5.83. The maximum atomic E-state index is 12.0. The van der Waals surface area contributed by atoms with E-state index in [2.05, 4.69) is 10.4 Å². The molecule has 6 nitrogen and oxygen atoms in total. The highest BCUT2D eigenvalue weighted by Crippen LogP contribution is 2.22. The molecule has 6 heteroatoms. The van der Waals surface area contributed by atoms with Crippen molar-refractivity contribution < 1.29 is 9.53 Å². The molecule has 0 bridgehead atoms. The Balaban J connectivity index is 1.95. The predicted octanol–water partition coefficient (Wildman–Crippen LogP) is 0.104. The Kier molecular flexibility index (Phi) is 3.98. The molecule has 1 aromatic heterocycles. The fourth-order valence-corrected chi connectivity index (χ4v) is 2.40. The van der Waals surface area contributed by atoms with Crippen molar-refractivity contribution >= 4 is 5.91 Å². The summed E-state index contributed by atoms with van der Waals surface area (Å²) in [5, 5.41) is 6.98. The van der Waals surface area contributed by atoms with Gasteiger partial charge in [-0.1, -0.05) is 0 Å². The Hall–Kier alpha value is -1.40. The van der Waals surface area contributed by atoms with E-state index in [1.54, 1.807) is 31.2 Å². The van der Waals surface area contributed by atoms with Gasteiger partial charge in [0, 0.05) is 25.9 Å². The van der Waals surface area contributed by atoms with Crippen LogP contribution in [-0.4, -0.2) is 34.9 Å². The zero-order valence-corrected chi connectivity index (χ0v) is 10.8. The number of nitrogens with one attached hydrogen (secondary N) is 1. The van der Waals surface area contributed by atoms with E-state index in [1.165, 1.54) is 0 Å². The molecule has 1 saturated carbocycles. The average molecular weight is 252 g/mol. The summed E-state index contributed by atoms with van der Waals surface area (Å²) in [6.07, 6.45) is 6.49. The number of aryl methyl sites for hydroxylation is 1. The largest absolute Gasteiger partial charge is 0.379 e. The van der Waals surface area contributed by atoms with E-state index in [-0.39, 0.29) is 18.1 Å². The Morgan fingerprint density at radius 3 is 3.06 bits per heavy atom. The van der Waals surface area contributed by atoms with Gasteiger partial charge in [-0.2, -0.15) is 5.10 Å². The molecule has 1 heterocycles. The second-order valence-corrected chi connectivity index (χ2v) is 4.75. The number of hydrogen-bond donors (Lipinski definition) is 2. The number of hydrogen-bond acceptors (Lipinski definition) is 4. The van der Waals surface area contributed by atoms with E-state index in [0.717, 1.165) is 24.8 Å². The monoisotopic (exact) mass is 252 g/mol. The summed E-state index contributed by atoms with van der Waals surface area (Å²) >= 11 is 0. The highest BCUT2D eigenvalue weighted by Gasteiger charge is 2.30. The first-order valence-corrected chi connectivity index (χ1v) is 6.19. The molecule has 0 saturated heterocycles. The summed E-state index contributed by atoms with van der Waals surface area (Å²) in [7, 11) is 3.47. The summed E-state index contributed by atoms with van der Waals surface area (Å²) in [5.74, 6) is -0.169. The summed E-state index contributed by atoms with van der Waals surface area (Å²) in [6.45, 7) is 0. The Bertz CT molecular complexity index is 418. The van der Waals surface area contributed by atoms with Crippen molar-refractivity contribution in [1.29, 1.82) is 0 Å². The maximum Gasteiger partial charge on any atom is 0.241 e. The number of methoxy groups -OCH3 is 1. The maximum absolute atomic E-state index is 12.0. The van der Waals surface area contributed by atoms with Gasteiger partial charge in [-0.05, 0) is 19.3 Å². The first-order chi connectivity index (χ1) is 8.61.